The van der Waals surface area contributed by atoms with E-state index < -0.39 is 36.4 Å². The first-order valence-corrected chi connectivity index (χ1v) is 10.3. The fourth-order valence-corrected chi connectivity index (χ4v) is 3.65. The maximum absolute atomic E-state index is 12.7. The van der Waals surface area contributed by atoms with Crippen LogP contribution in [-0.4, -0.2) is 81.2 Å². The summed E-state index contributed by atoms with van der Waals surface area (Å²) in [7, 11) is -0.278. The average molecular weight is 464 g/mol. The second-order valence-corrected chi connectivity index (χ2v) is 7.80. The summed E-state index contributed by atoms with van der Waals surface area (Å²) in [5.41, 5.74) is 5.69. The van der Waals surface area contributed by atoms with Gasteiger partial charge in [0.1, 0.15) is 36.0 Å². The summed E-state index contributed by atoms with van der Waals surface area (Å²) in [5, 5.41) is 43.4. The summed E-state index contributed by atoms with van der Waals surface area (Å²) in [6, 6.07) is 2.85. The molecular weight excluding hydrogens is 443 g/mol. The Labute approximate surface area is 186 Å². The molecule has 1 amide bonds. The second-order valence-electron chi connectivity index (χ2n) is 6.91. The van der Waals surface area contributed by atoms with Gasteiger partial charge >= 0.3 is 13.1 Å². The van der Waals surface area contributed by atoms with Crippen molar-refractivity contribution in [3.8, 4) is 11.5 Å². The van der Waals surface area contributed by atoms with Crippen LogP contribution in [0, 0.1) is 0 Å². The summed E-state index contributed by atoms with van der Waals surface area (Å²) >= 11 is 1.16. The zero-order valence-electron chi connectivity index (χ0n) is 17.0. The average Bonchev–Trinajstić information content (AvgIpc) is 3.12. The van der Waals surface area contributed by atoms with Crippen LogP contribution in [-0.2, 0) is 16.1 Å². The Morgan fingerprint density at radius 3 is 2.66 bits per heavy atom. The first-order valence-electron chi connectivity index (χ1n) is 9.44. The number of thiazole rings is 1. The Morgan fingerprint density at radius 1 is 1.38 bits per heavy atom. The first kappa shape index (κ1) is 23.3. The quantitative estimate of drug-likeness (QED) is 0.189. The molecule has 1 aliphatic rings. The number of nitrogens with two attached hydrogens (primary N) is 1. The molecule has 0 aliphatic carbocycles. The lowest BCUT2D eigenvalue weighted by molar-refractivity contribution is -0.132. The van der Waals surface area contributed by atoms with Crippen molar-refractivity contribution in [2.75, 3.05) is 25.9 Å². The van der Waals surface area contributed by atoms with Crippen molar-refractivity contribution in [3.05, 3.63) is 34.3 Å². The van der Waals surface area contributed by atoms with E-state index in [0.29, 0.717) is 0 Å². The van der Waals surface area contributed by atoms with E-state index in [4.69, 9.17) is 25.4 Å². The van der Waals surface area contributed by atoms with Gasteiger partial charge in [-0.15, -0.1) is 11.3 Å². The molecule has 0 bridgehead atoms. The molecule has 0 spiro atoms. The number of likely N-dealkylation sites (tertiary alicyclic amines) is 1. The minimum atomic E-state index is -1.58. The van der Waals surface area contributed by atoms with Crippen LogP contribution >= 0.6 is 11.3 Å². The zero-order valence-corrected chi connectivity index (χ0v) is 17.8. The van der Waals surface area contributed by atoms with Crippen molar-refractivity contribution in [1.29, 1.82) is 0 Å². The Kier molecular flexibility index (Phi) is 7.17. The molecule has 0 radical (unpaired) electrons. The van der Waals surface area contributed by atoms with Crippen LogP contribution in [0.25, 0.3) is 0 Å². The number of aromatic nitrogens is 1. The number of nitrogen functional groups attached to an aromatic ring is 1. The van der Waals surface area contributed by atoms with Gasteiger partial charge in [0.05, 0.1) is 13.1 Å². The van der Waals surface area contributed by atoms with E-state index in [1.54, 1.807) is 5.38 Å². The molecule has 0 atom stereocenters. The normalized spacial score (nSPS) is 14.1. The molecule has 6 N–H and O–H groups in total. The fraction of sp³-hybridized carbons (Fsp3) is 0.333. The minimum Gasteiger partial charge on any atom is -0.507 e. The Morgan fingerprint density at radius 2 is 2.09 bits per heavy atom. The number of nitrogens with zero attached hydrogens (tertiary/aromatic N) is 3. The zero-order chi connectivity index (χ0) is 23.4. The van der Waals surface area contributed by atoms with Gasteiger partial charge in [-0.2, -0.15) is 0 Å². The summed E-state index contributed by atoms with van der Waals surface area (Å²) in [5.74, 6) is -2.40. The van der Waals surface area contributed by atoms with Crippen molar-refractivity contribution in [2.45, 2.75) is 18.8 Å². The second kappa shape index (κ2) is 9.85. The summed E-state index contributed by atoms with van der Waals surface area (Å²) in [4.78, 5) is 34.6. The number of anilines is 1. The number of carboxylic acid groups (broad SMARTS) is 1. The van der Waals surface area contributed by atoms with Gasteiger partial charge in [0.25, 0.3) is 5.91 Å². The molecule has 1 aliphatic heterocycles. The molecule has 1 aromatic carbocycles. The Hall–Kier alpha value is -3.36. The highest BCUT2D eigenvalue weighted by atomic mass is 32.1. The number of aryl methyl sites for hydroxylation is 1. The van der Waals surface area contributed by atoms with Gasteiger partial charge in [-0.05, 0) is 24.4 Å². The van der Waals surface area contributed by atoms with E-state index in [2.05, 4.69) is 10.1 Å². The van der Waals surface area contributed by atoms with Gasteiger partial charge in [0.2, 0.25) is 0 Å². The molecule has 32 heavy (non-hydrogen) atoms. The van der Waals surface area contributed by atoms with Crippen LogP contribution in [0.5, 0.6) is 11.5 Å². The SMILES string of the molecule is CO/N=C(\C(=O)N1CC(Oc2ccc(CCB(O)O)c(O)c2C(=O)O)C1)c1csc(N)n1. The number of hydrogen-bond acceptors (Lipinski definition) is 11. The number of rotatable bonds is 9. The lowest BCUT2D eigenvalue weighted by Crippen LogP contribution is -2.58. The number of hydrogen-bond donors (Lipinski definition) is 5. The van der Waals surface area contributed by atoms with Crippen molar-refractivity contribution < 1.29 is 39.4 Å². The lowest BCUT2D eigenvalue weighted by atomic mass is 9.82. The molecule has 1 saturated heterocycles. The summed E-state index contributed by atoms with van der Waals surface area (Å²) in [6.45, 7) is 0.304. The number of amides is 1. The number of aromatic hydroxyl groups is 1. The summed E-state index contributed by atoms with van der Waals surface area (Å²) < 4.78 is 5.70. The standard InChI is InChI=1S/C18H21BN4O8S/c1-30-22-14(11-8-32-18(20)21-11)16(25)23-6-10(7-23)31-12-3-2-9(4-5-19(28)29)15(24)13(12)17(26)27/h2-3,8,10,24,28-29H,4-7H2,1H3,(H2,20,21)(H,26,27)/b22-14-. The molecule has 1 fully saturated rings. The van der Waals surface area contributed by atoms with Crippen LogP contribution in [0.4, 0.5) is 5.13 Å². The van der Waals surface area contributed by atoms with Crippen molar-refractivity contribution >= 4 is 41.2 Å². The molecule has 1 aromatic heterocycles. The molecule has 12 nitrogen and oxygen atoms in total. The van der Waals surface area contributed by atoms with E-state index in [9.17, 15) is 19.8 Å². The number of oxime groups is 1. The highest BCUT2D eigenvalue weighted by Crippen LogP contribution is 2.34. The molecule has 170 valence electrons. The van der Waals surface area contributed by atoms with Crippen molar-refractivity contribution in [3.63, 3.8) is 0 Å². The fourth-order valence-electron chi connectivity index (χ4n) is 3.10. The van der Waals surface area contributed by atoms with E-state index in [-0.39, 0.29) is 53.7 Å². The predicted octanol–water partition coefficient (Wildman–Crippen LogP) is -0.215. The van der Waals surface area contributed by atoms with Crippen LogP contribution in [0.1, 0.15) is 21.6 Å². The Balaban J connectivity index is 1.69. The molecular formula is C18H21BN4O8S. The molecule has 3 rings (SSSR count). The predicted molar refractivity (Wildman–Crippen MR) is 115 cm³/mol. The third-order valence-corrected chi connectivity index (χ3v) is 5.36. The topological polar surface area (TPSA) is 188 Å². The number of carboxylic acids is 1. The van der Waals surface area contributed by atoms with Crippen molar-refractivity contribution in [2.24, 2.45) is 5.16 Å². The van der Waals surface area contributed by atoms with Gasteiger partial charge < -0.3 is 40.5 Å². The smallest absolute Gasteiger partial charge is 0.451 e. The number of phenols is 1. The van der Waals surface area contributed by atoms with E-state index in [1.165, 1.54) is 24.1 Å². The van der Waals surface area contributed by atoms with Crippen LogP contribution < -0.4 is 10.5 Å². The Bertz CT molecular complexity index is 1040. The van der Waals surface area contributed by atoms with Crippen LogP contribution in [0.2, 0.25) is 6.32 Å². The van der Waals surface area contributed by atoms with E-state index >= 15 is 0 Å². The van der Waals surface area contributed by atoms with Gasteiger partial charge in [-0.3, -0.25) is 4.79 Å². The van der Waals surface area contributed by atoms with Gasteiger partial charge in [0.15, 0.2) is 10.8 Å². The van der Waals surface area contributed by atoms with Gasteiger partial charge in [-0.25, -0.2) is 9.78 Å². The molecule has 0 saturated carbocycles. The third-order valence-electron chi connectivity index (χ3n) is 4.69. The van der Waals surface area contributed by atoms with Gasteiger partial charge in [-0.1, -0.05) is 11.2 Å². The largest absolute Gasteiger partial charge is 0.507 e. The van der Waals surface area contributed by atoms with Crippen LogP contribution in [0.15, 0.2) is 22.7 Å². The first-order chi connectivity index (χ1) is 15.2. The number of carbonyl (C=O) groups is 2. The molecule has 2 aromatic rings. The van der Waals surface area contributed by atoms with Crippen molar-refractivity contribution in [1.82, 2.24) is 9.88 Å². The monoisotopic (exact) mass is 464 g/mol. The number of benzene rings is 1. The maximum Gasteiger partial charge on any atom is 0.451 e. The van der Waals surface area contributed by atoms with Gasteiger partial charge in [0, 0.05) is 5.38 Å². The lowest BCUT2D eigenvalue weighted by Gasteiger charge is -2.39. The minimum absolute atomic E-state index is 0.0156. The number of aromatic carboxylic acids is 1. The van der Waals surface area contributed by atoms with E-state index in [0.717, 1.165) is 11.3 Å². The molecule has 14 heteroatoms. The number of carbonyl (C=O) groups excluding carboxylic acids is 1. The van der Waals surface area contributed by atoms with E-state index in [1.807, 2.05) is 0 Å². The molecule has 0 unspecified atom stereocenters. The summed E-state index contributed by atoms with van der Waals surface area (Å²) in [6.07, 6.45) is -0.507. The maximum atomic E-state index is 12.7. The molecule has 2 heterocycles. The van der Waals surface area contributed by atoms with Crippen LogP contribution in [0.3, 0.4) is 0 Å². The highest BCUT2D eigenvalue weighted by Gasteiger charge is 2.37. The third kappa shape index (κ3) is 5.10. The highest BCUT2D eigenvalue weighted by molar-refractivity contribution is 7.13. The number of ether oxygens (including phenoxy) is 1.